The van der Waals surface area contributed by atoms with E-state index >= 15 is 0 Å². The number of amides is 1. The van der Waals surface area contributed by atoms with Crippen LogP contribution in [0.2, 0.25) is 0 Å². The van der Waals surface area contributed by atoms with Gasteiger partial charge in [-0.15, -0.1) is 0 Å². The molecule has 29 heavy (non-hydrogen) atoms. The molecule has 0 radical (unpaired) electrons. The first kappa shape index (κ1) is 19.3. The van der Waals surface area contributed by atoms with E-state index in [4.69, 9.17) is 0 Å². The highest BCUT2D eigenvalue weighted by atomic mass is 32.2. The number of carbonyl (C=O) groups is 1. The van der Waals surface area contributed by atoms with Crippen molar-refractivity contribution >= 4 is 23.5 Å². The van der Waals surface area contributed by atoms with Crippen LogP contribution in [-0.2, 0) is 10.5 Å². The molecule has 2 N–H and O–H groups in total. The summed E-state index contributed by atoms with van der Waals surface area (Å²) in [6.07, 6.45) is -0.159. The number of halogens is 2. The number of hydrogen-bond donors (Lipinski definition) is 2. The molecule has 0 spiro atoms. The van der Waals surface area contributed by atoms with Crippen LogP contribution in [0.1, 0.15) is 34.6 Å². The zero-order valence-electron chi connectivity index (χ0n) is 15.5. The molecule has 0 bridgehead atoms. The van der Waals surface area contributed by atoms with Gasteiger partial charge in [0.05, 0.1) is 5.56 Å². The van der Waals surface area contributed by atoms with Crippen LogP contribution in [0.3, 0.4) is 0 Å². The topological polar surface area (TPSA) is 74.8 Å². The highest BCUT2D eigenvalue weighted by molar-refractivity contribution is 7.98. The summed E-state index contributed by atoms with van der Waals surface area (Å²) in [6.45, 7) is 1.99. The second kappa shape index (κ2) is 7.79. The predicted molar refractivity (Wildman–Crippen MR) is 107 cm³/mol. The number of rotatable bonds is 4. The smallest absolute Gasteiger partial charge is 0.257 e. The van der Waals surface area contributed by atoms with Gasteiger partial charge in [-0.3, -0.25) is 9.59 Å². The van der Waals surface area contributed by atoms with Crippen LogP contribution < -0.4 is 10.9 Å². The summed E-state index contributed by atoms with van der Waals surface area (Å²) in [4.78, 5) is 32.0. The lowest BCUT2D eigenvalue weighted by molar-refractivity contribution is -0.116. The molecule has 0 aliphatic carbocycles. The maximum absolute atomic E-state index is 14.3. The average Bonchev–Trinajstić information content (AvgIpc) is 2.67. The Balaban J connectivity index is 1.69. The average molecular weight is 413 g/mol. The molecule has 5 nitrogen and oxygen atoms in total. The fourth-order valence-electron chi connectivity index (χ4n) is 3.42. The van der Waals surface area contributed by atoms with Crippen LogP contribution in [0.5, 0.6) is 0 Å². The fraction of sp³-hybridized carbons (Fsp3) is 0.190. The lowest BCUT2D eigenvalue weighted by Gasteiger charge is -2.24. The standard InChI is InChI=1S/C21H17F2N3O2S/c1-11-3-2-4-12(7-11)10-29-21-25-19-18(20(28)26-21)15(9-17(27)24-19)14-8-13(22)5-6-16(14)23/h2-8,15H,9-10H2,1H3,(H2,24,25,26,27,28)/t15-/m1/s1. The number of aryl methyl sites for hydroxylation is 1. The quantitative estimate of drug-likeness (QED) is 0.498. The van der Waals surface area contributed by atoms with Crippen LogP contribution in [0, 0.1) is 18.6 Å². The number of hydrogen-bond acceptors (Lipinski definition) is 4. The first-order valence-electron chi connectivity index (χ1n) is 8.98. The number of fused-ring (bicyclic) bond motifs is 1. The molecule has 8 heteroatoms. The summed E-state index contributed by atoms with van der Waals surface area (Å²) in [7, 11) is 0. The van der Waals surface area contributed by atoms with Gasteiger partial charge in [0, 0.05) is 18.1 Å². The molecule has 0 saturated carbocycles. The SMILES string of the molecule is Cc1cccc(CSc2nc3c(c(=O)[nH]2)[C@@H](c2cc(F)ccc2F)CC(=O)N3)c1. The number of thioether (sulfide) groups is 1. The normalized spacial score (nSPS) is 15.7. The summed E-state index contributed by atoms with van der Waals surface area (Å²) >= 11 is 1.32. The van der Waals surface area contributed by atoms with E-state index in [-0.39, 0.29) is 23.4 Å². The molecule has 148 valence electrons. The van der Waals surface area contributed by atoms with Crippen molar-refractivity contribution in [3.63, 3.8) is 0 Å². The Morgan fingerprint density at radius 1 is 1.17 bits per heavy atom. The molecule has 1 atom stereocenters. The Labute approximate surface area is 169 Å². The number of H-pyrrole nitrogens is 1. The van der Waals surface area contributed by atoms with E-state index in [2.05, 4.69) is 15.3 Å². The van der Waals surface area contributed by atoms with Gasteiger partial charge >= 0.3 is 0 Å². The zero-order valence-corrected chi connectivity index (χ0v) is 16.3. The minimum absolute atomic E-state index is 0.0337. The van der Waals surface area contributed by atoms with Crippen LogP contribution >= 0.6 is 11.8 Å². The summed E-state index contributed by atoms with van der Waals surface area (Å²) in [5.74, 6) is -1.94. The Morgan fingerprint density at radius 2 is 2.00 bits per heavy atom. The molecular formula is C21H17F2N3O2S. The van der Waals surface area contributed by atoms with E-state index in [0.717, 1.165) is 29.3 Å². The summed E-state index contributed by atoms with van der Waals surface area (Å²) < 4.78 is 27.9. The molecule has 3 aromatic rings. The van der Waals surface area contributed by atoms with Crippen LogP contribution in [0.4, 0.5) is 14.6 Å². The first-order valence-corrected chi connectivity index (χ1v) is 9.96. The van der Waals surface area contributed by atoms with Gasteiger partial charge in [0.25, 0.3) is 5.56 Å². The van der Waals surface area contributed by atoms with Crippen molar-refractivity contribution in [1.29, 1.82) is 0 Å². The van der Waals surface area contributed by atoms with Crippen molar-refractivity contribution in [2.24, 2.45) is 0 Å². The van der Waals surface area contributed by atoms with Crippen molar-refractivity contribution in [2.75, 3.05) is 5.32 Å². The third-order valence-electron chi connectivity index (χ3n) is 4.72. The maximum atomic E-state index is 14.3. The Morgan fingerprint density at radius 3 is 2.79 bits per heavy atom. The van der Waals surface area contributed by atoms with Crippen LogP contribution in [0.25, 0.3) is 0 Å². The number of aromatic nitrogens is 2. The monoisotopic (exact) mass is 413 g/mol. The molecule has 2 heterocycles. The molecule has 2 aromatic carbocycles. The number of anilines is 1. The van der Waals surface area contributed by atoms with Gasteiger partial charge in [0.1, 0.15) is 17.5 Å². The van der Waals surface area contributed by atoms with E-state index in [0.29, 0.717) is 10.9 Å². The van der Waals surface area contributed by atoms with Crippen molar-refractivity contribution < 1.29 is 13.6 Å². The number of nitrogens with one attached hydrogen (secondary N) is 2. The van der Waals surface area contributed by atoms with Gasteiger partial charge in [-0.2, -0.15) is 0 Å². The van der Waals surface area contributed by atoms with E-state index in [1.165, 1.54) is 11.8 Å². The maximum Gasteiger partial charge on any atom is 0.257 e. The third-order valence-corrected chi connectivity index (χ3v) is 5.67. The van der Waals surface area contributed by atoms with Crippen molar-refractivity contribution in [2.45, 2.75) is 30.2 Å². The van der Waals surface area contributed by atoms with E-state index in [1.54, 1.807) is 0 Å². The van der Waals surface area contributed by atoms with Gasteiger partial charge < -0.3 is 10.3 Å². The second-order valence-electron chi connectivity index (χ2n) is 6.88. The van der Waals surface area contributed by atoms with Crippen molar-refractivity contribution in [1.82, 2.24) is 9.97 Å². The minimum Gasteiger partial charge on any atom is -0.310 e. The molecule has 1 aliphatic heterocycles. The number of aromatic amines is 1. The molecule has 0 unspecified atom stereocenters. The van der Waals surface area contributed by atoms with Gasteiger partial charge in [-0.1, -0.05) is 41.6 Å². The van der Waals surface area contributed by atoms with E-state index in [9.17, 15) is 18.4 Å². The number of nitrogens with zero attached hydrogens (tertiary/aromatic N) is 1. The minimum atomic E-state index is -0.901. The summed E-state index contributed by atoms with van der Waals surface area (Å²) in [6, 6.07) is 11.0. The van der Waals surface area contributed by atoms with Crippen LogP contribution in [0.15, 0.2) is 52.4 Å². The predicted octanol–water partition coefficient (Wildman–Crippen LogP) is 4.12. The molecule has 4 rings (SSSR count). The molecule has 1 aliphatic rings. The second-order valence-corrected chi connectivity index (χ2v) is 7.85. The van der Waals surface area contributed by atoms with Gasteiger partial charge in [-0.25, -0.2) is 13.8 Å². The Hall–Kier alpha value is -3.00. The van der Waals surface area contributed by atoms with Gasteiger partial charge in [-0.05, 0) is 36.2 Å². The van der Waals surface area contributed by atoms with E-state index < -0.39 is 29.0 Å². The van der Waals surface area contributed by atoms with Crippen molar-refractivity contribution in [3.05, 3.63) is 86.7 Å². The van der Waals surface area contributed by atoms with E-state index in [1.807, 2.05) is 31.2 Å². The fourth-order valence-corrected chi connectivity index (χ4v) is 4.22. The molecule has 0 saturated heterocycles. The first-order chi connectivity index (χ1) is 13.9. The van der Waals surface area contributed by atoms with Crippen LogP contribution in [-0.4, -0.2) is 15.9 Å². The number of benzene rings is 2. The molecule has 0 fully saturated rings. The molecule has 1 amide bonds. The van der Waals surface area contributed by atoms with Gasteiger partial charge in [0.15, 0.2) is 5.16 Å². The third kappa shape index (κ3) is 4.07. The summed E-state index contributed by atoms with van der Waals surface area (Å²) in [5, 5.41) is 2.93. The highest BCUT2D eigenvalue weighted by Crippen LogP contribution is 2.36. The Bertz CT molecular complexity index is 1160. The largest absolute Gasteiger partial charge is 0.310 e. The lowest BCUT2D eigenvalue weighted by Crippen LogP contribution is -2.31. The molecular weight excluding hydrogens is 396 g/mol. The summed E-state index contributed by atoms with van der Waals surface area (Å²) in [5.41, 5.74) is 1.82. The highest BCUT2D eigenvalue weighted by Gasteiger charge is 2.32. The number of carbonyl (C=O) groups excluding carboxylic acids is 1. The molecule has 1 aromatic heterocycles. The van der Waals surface area contributed by atoms with Crippen molar-refractivity contribution in [3.8, 4) is 0 Å². The van der Waals surface area contributed by atoms with Gasteiger partial charge in [0.2, 0.25) is 5.91 Å². The zero-order chi connectivity index (χ0) is 20.5. The lowest BCUT2D eigenvalue weighted by atomic mass is 9.86. The Kier molecular flexibility index (Phi) is 5.19.